The molecule has 0 bridgehead atoms. The molecule has 3 aliphatic rings. The molecule has 144 valence electrons. The van der Waals surface area contributed by atoms with Gasteiger partial charge < -0.3 is 10.2 Å². The maximum atomic E-state index is 13.2. The van der Waals surface area contributed by atoms with Crippen LogP contribution in [0.25, 0.3) is 0 Å². The summed E-state index contributed by atoms with van der Waals surface area (Å²) >= 11 is 0. The van der Waals surface area contributed by atoms with E-state index in [1.807, 2.05) is 24.3 Å². The van der Waals surface area contributed by atoms with Crippen LogP contribution in [0.1, 0.15) is 57.4 Å². The van der Waals surface area contributed by atoms with Crippen LogP contribution in [0.5, 0.6) is 0 Å². The lowest BCUT2D eigenvalue weighted by atomic mass is 10.0. The summed E-state index contributed by atoms with van der Waals surface area (Å²) in [6.45, 7) is 4.74. The van der Waals surface area contributed by atoms with Crippen molar-refractivity contribution >= 4 is 23.5 Å². The van der Waals surface area contributed by atoms with Gasteiger partial charge in [0.1, 0.15) is 6.04 Å². The lowest BCUT2D eigenvalue weighted by molar-refractivity contribution is -0.141. The highest BCUT2D eigenvalue weighted by atomic mass is 16.2. The van der Waals surface area contributed by atoms with Gasteiger partial charge in [-0.15, -0.1) is 0 Å². The summed E-state index contributed by atoms with van der Waals surface area (Å²) in [7, 11) is 0. The molecule has 1 N–H and O–H groups in total. The fourth-order valence-corrected chi connectivity index (χ4v) is 4.61. The van der Waals surface area contributed by atoms with E-state index in [2.05, 4.69) is 19.2 Å². The van der Waals surface area contributed by atoms with E-state index in [0.717, 1.165) is 31.2 Å². The van der Waals surface area contributed by atoms with Crippen molar-refractivity contribution in [2.75, 3.05) is 11.4 Å². The van der Waals surface area contributed by atoms with Crippen molar-refractivity contribution in [2.45, 2.75) is 64.0 Å². The fraction of sp³-hybridized carbons (Fsp3) is 0.571. The molecule has 0 aromatic heterocycles. The van der Waals surface area contributed by atoms with Gasteiger partial charge in [0.2, 0.25) is 5.91 Å². The predicted molar refractivity (Wildman–Crippen MR) is 102 cm³/mol. The topological polar surface area (TPSA) is 69.7 Å². The van der Waals surface area contributed by atoms with E-state index in [1.54, 1.807) is 4.90 Å². The Hall–Kier alpha value is -2.37. The number of anilines is 1. The summed E-state index contributed by atoms with van der Waals surface area (Å²) in [4.78, 5) is 41.7. The normalized spacial score (nSPS) is 25.9. The van der Waals surface area contributed by atoms with Crippen LogP contribution in [0.4, 0.5) is 10.5 Å². The smallest absolute Gasteiger partial charge is 0.329 e. The Labute approximate surface area is 159 Å². The summed E-state index contributed by atoms with van der Waals surface area (Å²) in [5.41, 5.74) is 1.71. The molecule has 2 heterocycles. The second-order valence-electron chi connectivity index (χ2n) is 8.22. The molecule has 1 aromatic rings. The summed E-state index contributed by atoms with van der Waals surface area (Å²) in [6.07, 6.45) is 4.62. The van der Waals surface area contributed by atoms with Crippen molar-refractivity contribution in [1.82, 2.24) is 10.2 Å². The molecule has 0 unspecified atom stereocenters. The molecule has 2 aliphatic heterocycles. The minimum atomic E-state index is -0.583. The van der Waals surface area contributed by atoms with Crippen molar-refractivity contribution in [3.8, 4) is 0 Å². The molecule has 2 atom stereocenters. The molecular formula is C21H27N3O3. The van der Waals surface area contributed by atoms with Crippen LogP contribution < -0.4 is 10.2 Å². The van der Waals surface area contributed by atoms with Gasteiger partial charge in [0.15, 0.2) is 0 Å². The first kappa shape index (κ1) is 18.0. The van der Waals surface area contributed by atoms with E-state index in [4.69, 9.17) is 0 Å². The quantitative estimate of drug-likeness (QED) is 0.890. The first-order valence-corrected chi connectivity index (χ1v) is 10.0. The Bertz CT molecular complexity index is 752. The van der Waals surface area contributed by atoms with Crippen LogP contribution >= 0.6 is 0 Å². The van der Waals surface area contributed by atoms with Gasteiger partial charge in [-0.1, -0.05) is 38.8 Å². The van der Waals surface area contributed by atoms with Crippen LogP contribution in [-0.4, -0.2) is 41.4 Å². The number of carbonyl (C=O) groups is 3. The van der Waals surface area contributed by atoms with Gasteiger partial charge in [-0.25, -0.2) is 9.69 Å². The number of carbonyl (C=O) groups excluding carboxylic acids is 3. The van der Waals surface area contributed by atoms with Gasteiger partial charge in [0, 0.05) is 12.5 Å². The Kier molecular flexibility index (Phi) is 4.66. The summed E-state index contributed by atoms with van der Waals surface area (Å²) in [5.74, 6) is 0.209. The number of hydrogen-bond acceptors (Lipinski definition) is 3. The predicted octanol–water partition coefficient (Wildman–Crippen LogP) is 3.03. The summed E-state index contributed by atoms with van der Waals surface area (Å²) < 4.78 is 0. The Morgan fingerprint density at radius 2 is 1.74 bits per heavy atom. The molecule has 0 radical (unpaired) electrons. The van der Waals surface area contributed by atoms with Crippen molar-refractivity contribution in [3.63, 3.8) is 0 Å². The Morgan fingerprint density at radius 3 is 2.37 bits per heavy atom. The van der Waals surface area contributed by atoms with E-state index < -0.39 is 12.1 Å². The molecule has 6 heteroatoms. The molecule has 4 amide bonds. The molecule has 4 rings (SSSR count). The Morgan fingerprint density at radius 1 is 1.07 bits per heavy atom. The van der Waals surface area contributed by atoms with Gasteiger partial charge in [-0.05, 0) is 42.9 Å². The molecule has 6 nitrogen and oxygen atoms in total. The van der Waals surface area contributed by atoms with Crippen LogP contribution in [0.3, 0.4) is 0 Å². The number of hydrogen-bond donors (Lipinski definition) is 1. The minimum absolute atomic E-state index is 0.0351. The van der Waals surface area contributed by atoms with Crippen molar-refractivity contribution in [3.05, 3.63) is 29.8 Å². The first-order valence-electron chi connectivity index (χ1n) is 10.0. The number of urea groups is 1. The van der Waals surface area contributed by atoms with Crippen LogP contribution in [0.15, 0.2) is 24.3 Å². The van der Waals surface area contributed by atoms with E-state index in [-0.39, 0.29) is 23.8 Å². The number of imide groups is 1. The van der Waals surface area contributed by atoms with Gasteiger partial charge in [0.25, 0.3) is 5.91 Å². The highest BCUT2D eigenvalue weighted by Gasteiger charge is 2.50. The zero-order valence-corrected chi connectivity index (χ0v) is 16.0. The number of likely N-dealkylation sites (tertiary alicyclic amines) is 1. The van der Waals surface area contributed by atoms with Gasteiger partial charge >= 0.3 is 6.03 Å². The van der Waals surface area contributed by atoms with Crippen LogP contribution in [0, 0.1) is 5.92 Å². The van der Waals surface area contributed by atoms with Crippen LogP contribution in [0.2, 0.25) is 0 Å². The zero-order valence-electron chi connectivity index (χ0n) is 16.0. The second kappa shape index (κ2) is 6.98. The number of nitrogens with zero attached hydrogens (tertiary/aromatic N) is 2. The van der Waals surface area contributed by atoms with Gasteiger partial charge in [-0.3, -0.25) is 9.59 Å². The third-order valence-corrected chi connectivity index (χ3v) is 6.19. The fourth-order valence-electron chi connectivity index (χ4n) is 4.61. The maximum Gasteiger partial charge on any atom is 0.329 e. The number of benzene rings is 1. The SMILES string of the molecule is CC(C)c1ccc(N2C(=O)N[C@@H]3CCN(C(=O)C4CCCC4)[C@H]3C2=O)cc1. The molecular weight excluding hydrogens is 342 g/mol. The van der Waals surface area contributed by atoms with E-state index in [9.17, 15) is 14.4 Å². The van der Waals surface area contributed by atoms with Gasteiger partial charge in [0.05, 0.1) is 11.7 Å². The van der Waals surface area contributed by atoms with Crippen molar-refractivity contribution in [1.29, 1.82) is 0 Å². The third kappa shape index (κ3) is 3.11. The number of fused-ring (bicyclic) bond motifs is 1. The lowest BCUT2D eigenvalue weighted by Gasteiger charge is -2.37. The maximum absolute atomic E-state index is 13.2. The molecule has 1 aromatic carbocycles. The molecule has 0 spiro atoms. The number of nitrogens with one attached hydrogen (secondary N) is 1. The van der Waals surface area contributed by atoms with Crippen molar-refractivity contribution < 1.29 is 14.4 Å². The molecule has 27 heavy (non-hydrogen) atoms. The Balaban J connectivity index is 1.58. The second-order valence-corrected chi connectivity index (χ2v) is 8.22. The monoisotopic (exact) mass is 369 g/mol. The highest BCUT2D eigenvalue weighted by molar-refractivity contribution is 6.19. The largest absolute Gasteiger partial charge is 0.332 e. The average molecular weight is 369 g/mol. The van der Waals surface area contributed by atoms with Gasteiger partial charge in [-0.2, -0.15) is 0 Å². The standard InChI is InChI=1S/C21H27N3O3/c1-13(2)14-7-9-16(10-8-14)24-20(26)18-17(22-21(24)27)11-12-23(18)19(25)15-5-3-4-6-15/h7-10,13,15,17-18H,3-6,11-12H2,1-2H3,(H,22,27)/t17-,18-/m1/s1. The zero-order chi connectivity index (χ0) is 19.1. The molecule has 1 aliphatic carbocycles. The number of amides is 4. The first-order chi connectivity index (χ1) is 13.0. The van der Waals surface area contributed by atoms with E-state index in [0.29, 0.717) is 24.6 Å². The van der Waals surface area contributed by atoms with E-state index >= 15 is 0 Å². The summed E-state index contributed by atoms with van der Waals surface area (Å²) in [6, 6.07) is 6.26. The lowest BCUT2D eigenvalue weighted by Crippen LogP contribution is -2.65. The molecule has 3 fully saturated rings. The highest BCUT2D eigenvalue weighted by Crippen LogP contribution is 2.33. The minimum Gasteiger partial charge on any atom is -0.332 e. The molecule has 2 saturated heterocycles. The van der Waals surface area contributed by atoms with Crippen LogP contribution in [-0.2, 0) is 9.59 Å². The third-order valence-electron chi connectivity index (χ3n) is 6.19. The summed E-state index contributed by atoms with van der Waals surface area (Å²) in [5, 5.41) is 2.94. The van der Waals surface area contributed by atoms with E-state index in [1.165, 1.54) is 4.90 Å². The van der Waals surface area contributed by atoms with Crippen molar-refractivity contribution in [2.24, 2.45) is 5.92 Å². The average Bonchev–Trinajstić information content (AvgIpc) is 3.31. The number of rotatable bonds is 3. The molecule has 1 saturated carbocycles.